The highest BCUT2D eigenvalue weighted by molar-refractivity contribution is 5.90. The number of nitrogens with zero attached hydrogens (tertiary/aromatic N) is 2. The van der Waals surface area contributed by atoms with Crippen LogP contribution in [0.15, 0.2) is 91.1 Å². The third-order valence-electron chi connectivity index (χ3n) is 5.76. The van der Waals surface area contributed by atoms with Crippen molar-refractivity contribution < 1.29 is 9.18 Å². The van der Waals surface area contributed by atoms with Gasteiger partial charge < -0.3 is 14.8 Å². The number of carbonyl (C=O) groups excluding carboxylic acids is 1. The van der Waals surface area contributed by atoms with Crippen LogP contribution in [-0.4, -0.2) is 15.5 Å². The molecule has 1 aromatic heterocycles. The van der Waals surface area contributed by atoms with Gasteiger partial charge in [-0.05, 0) is 53.9 Å². The fourth-order valence-electron chi connectivity index (χ4n) is 4.19. The molecule has 1 aliphatic rings. The average molecular weight is 411 g/mol. The number of para-hydroxylation sites is 1. The Balaban J connectivity index is 1.61. The number of hydrogen-bond acceptors (Lipinski definition) is 1. The molecule has 4 aromatic rings. The van der Waals surface area contributed by atoms with Gasteiger partial charge in [0, 0.05) is 17.6 Å². The Bertz CT molecular complexity index is 1250. The minimum Gasteiger partial charge on any atom is -0.318 e. The Morgan fingerprint density at radius 2 is 1.74 bits per heavy atom. The predicted molar refractivity (Wildman–Crippen MR) is 120 cm³/mol. The summed E-state index contributed by atoms with van der Waals surface area (Å²) < 4.78 is 16.2. The zero-order valence-electron chi connectivity index (χ0n) is 17.1. The second kappa shape index (κ2) is 7.76. The Labute approximate surface area is 180 Å². The van der Waals surface area contributed by atoms with Crippen molar-refractivity contribution in [2.75, 3.05) is 5.32 Å². The highest BCUT2D eigenvalue weighted by Crippen LogP contribution is 2.36. The van der Waals surface area contributed by atoms with Crippen LogP contribution in [0.25, 0.3) is 5.69 Å². The minimum absolute atomic E-state index is 0.276. The maximum Gasteiger partial charge on any atom is 0.322 e. The van der Waals surface area contributed by atoms with Crippen molar-refractivity contribution in [3.05, 3.63) is 119 Å². The van der Waals surface area contributed by atoms with Gasteiger partial charge >= 0.3 is 6.03 Å². The maximum atomic E-state index is 14.1. The normalized spacial score (nSPS) is 15.0. The zero-order valence-corrected chi connectivity index (χ0v) is 17.1. The van der Waals surface area contributed by atoms with E-state index in [9.17, 15) is 9.18 Å². The van der Waals surface area contributed by atoms with Crippen LogP contribution in [0.3, 0.4) is 0 Å². The first kappa shape index (κ1) is 19.1. The van der Waals surface area contributed by atoms with E-state index in [2.05, 4.69) is 16.0 Å². The molecule has 5 heteroatoms. The molecule has 3 aromatic carbocycles. The van der Waals surface area contributed by atoms with Crippen molar-refractivity contribution in [2.45, 2.75) is 19.5 Å². The van der Waals surface area contributed by atoms with Crippen molar-refractivity contribution >= 4 is 11.7 Å². The number of hydrogen-bond donors (Lipinski definition) is 1. The van der Waals surface area contributed by atoms with E-state index in [1.807, 2.05) is 71.8 Å². The molecule has 0 spiro atoms. The number of benzene rings is 3. The summed E-state index contributed by atoms with van der Waals surface area (Å²) in [6.07, 6.45) is 2.03. The van der Waals surface area contributed by atoms with Crippen LogP contribution in [0.1, 0.15) is 28.4 Å². The van der Waals surface area contributed by atoms with E-state index in [0.29, 0.717) is 17.8 Å². The van der Waals surface area contributed by atoms with Crippen LogP contribution < -0.4 is 5.32 Å². The molecule has 0 unspecified atom stereocenters. The average Bonchev–Trinajstić information content (AvgIpc) is 3.21. The molecule has 0 radical (unpaired) electrons. The van der Waals surface area contributed by atoms with Gasteiger partial charge in [0.25, 0.3) is 0 Å². The molecule has 1 N–H and O–H groups in total. The Hall–Kier alpha value is -3.86. The summed E-state index contributed by atoms with van der Waals surface area (Å²) in [5, 5.41) is 2.90. The van der Waals surface area contributed by atoms with Crippen LogP contribution in [0, 0.1) is 12.7 Å². The third-order valence-corrected chi connectivity index (χ3v) is 5.76. The molecule has 0 saturated heterocycles. The summed E-state index contributed by atoms with van der Waals surface area (Å²) in [5.74, 6) is -0.340. The largest absolute Gasteiger partial charge is 0.322 e. The first-order chi connectivity index (χ1) is 15.1. The molecule has 0 saturated carbocycles. The molecule has 5 rings (SSSR count). The van der Waals surface area contributed by atoms with E-state index in [-0.39, 0.29) is 17.9 Å². The number of amides is 2. The lowest BCUT2D eigenvalue weighted by atomic mass is 10.0. The number of rotatable bonds is 2. The lowest BCUT2D eigenvalue weighted by Crippen LogP contribution is -2.37. The van der Waals surface area contributed by atoms with E-state index in [4.69, 9.17) is 0 Å². The van der Waals surface area contributed by atoms with E-state index in [0.717, 1.165) is 22.5 Å². The van der Waals surface area contributed by atoms with E-state index in [1.54, 1.807) is 19.1 Å². The number of nitrogens with one attached hydrogen (secondary N) is 1. The van der Waals surface area contributed by atoms with E-state index >= 15 is 0 Å². The Morgan fingerprint density at radius 1 is 0.968 bits per heavy atom. The van der Waals surface area contributed by atoms with Gasteiger partial charge in [-0.25, -0.2) is 9.18 Å². The molecule has 1 atom stereocenters. The van der Waals surface area contributed by atoms with Crippen molar-refractivity contribution in [1.82, 2.24) is 9.47 Å². The number of halogens is 1. The molecule has 2 amide bonds. The van der Waals surface area contributed by atoms with Gasteiger partial charge in [0.05, 0.1) is 18.3 Å². The van der Waals surface area contributed by atoms with Gasteiger partial charge in [-0.1, -0.05) is 54.6 Å². The molecule has 0 bridgehead atoms. The molecule has 4 nitrogen and oxygen atoms in total. The molecular formula is C26H22FN3O. The van der Waals surface area contributed by atoms with Crippen molar-refractivity contribution in [2.24, 2.45) is 0 Å². The first-order valence-electron chi connectivity index (χ1n) is 10.3. The highest BCUT2D eigenvalue weighted by Gasteiger charge is 2.32. The highest BCUT2D eigenvalue weighted by atomic mass is 19.1. The van der Waals surface area contributed by atoms with Crippen molar-refractivity contribution in [3.63, 3.8) is 0 Å². The standard InChI is InChI=1S/C26H22FN3O/c1-18-13-14-21(16-22(18)27)28-26(31)30-17-20-10-5-6-11-23(20)29-15-7-12-24(29)25(30)19-8-3-2-4-9-19/h2-16,25H,17H2,1H3,(H,28,31)/t25-/m1/s1. The monoisotopic (exact) mass is 411 g/mol. The molecular weight excluding hydrogens is 389 g/mol. The smallest absolute Gasteiger partial charge is 0.318 e. The van der Waals surface area contributed by atoms with Gasteiger partial charge in [0.2, 0.25) is 0 Å². The lowest BCUT2D eigenvalue weighted by molar-refractivity contribution is 0.194. The predicted octanol–water partition coefficient (Wildman–Crippen LogP) is 6.06. The van der Waals surface area contributed by atoms with Gasteiger partial charge in [-0.15, -0.1) is 0 Å². The number of aromatic nitrogens is 1. The van der Waals surface area contributed by atoms with E-state index in [1.165, 1.54) is 6.07 Å². The van der Waals surface area contributed by atoms with Crippen LogP contribution >= 0.6 is 0 Å². The van der Waals surface area contributed by atoms with Crippen LogP contribution in [0.5, 0.6) is 0 Å². The summed E-state index contributed by atoms with van der Waals surface area (Å²) in [5.41, 5.74) is 5.10. The lowest BCUT2D eigenvalue weighted by Gasteiger charge is -2.31. The number of anilines is 1. The third kappa shape index (κ3) is 3.48. The van der Waals surface area contributed by atoms with Crippen molar-refractivity contribution in [1.29, 1.82) is 0 Å². The van der Waals surface area contributed by atoms with E-state index < -0.39 is 0 Å². The van der Waals surface area contributed by atoms with Gasteiger partial charge in [-0.2, -0.15) is 0 Å². The Morgan fingerprint density at radius 3 is 2.55 bits per heavy atom. The molecule has 2 heterocycles. The minimum atomic E-state index is -0.340. The summed E-state index contributed by atoms with van der Waals surface area (Å²) >= 11 is 0. The molecule has 154 valence electrons. The molecule has 0 aliphatic carbocycles. The van der Waals surface area contributed by atoms with Crippen LogP contribution in [0.4, 0.5) is 14.9 Å². The summed E-state index contributed by atoms with van der Waals surface area (Å²) in [7, 11) is 0. The topological polar surface area (TPSA) is 37.3 Å². The van der Waals surface area contributed by atoms with Crippen molar-refractivity contribution in [3.8, 4) is 5.69 Å². The zero-order chi connectivity index (χ0) is 21.4. The van der Waals surface area contributed by atoms with Crippen LogP contribution in [-0.2, 0) is 6.54 Å². The number of aryl methyl sites for hydroxylation is 1. The van der Waals surface area contributed by atoms with Crippen LogP contribution in [0.2, 0.25) is 0 Å². The molecule has 31 heavy (non-hydrogen) atoms. The first-order valence-corrected chi connectivity index (χ1v) is 10.3. The summed E-state index contributed by atoms with van der Waals surface area (Å²) in [6.45, 7) is 2.13. The number of fused-ring (bicyclic) bond motifs is 3. The summed E-state index contributed by atoms with van der Waals surface area (Å²) in [6, 6.07) is 26.3. The van der Waals surface area contributed by atoms with Gasteiger partial charge in [-0.3, -0.25) is 0 Å². The number of urea groups is 1. The maximum absolute atomic E-state index is 14.1. The Kier molecular flexibility index (Phi) is 4.79. The second-order valence-corrected chi connectivity index (χ2v) is 7.77. The second-order valence-electron chi connectivity index (χ2n) is 7.77. The van der Waals surface area contributed by atoms with Gasteiger partial charge in [0.1, 0.15) is 5.82 Å². The van der Waals surface area contributed by atoms with Gasteiger partial charge in [0.15, 0.2) is 0 Å². The number of carbonyl (C=O) groups is 1. The SMILES string of the molecule is Cc1ccc(NC(=O)N2Cc3ccccc3-n3cccc3[C@H]2c2ccccc2)cc1F. The fourth-order valence-corrected chi connectivity index (χ4v) is 4.19. The molecule has 1 aliphatic heterocycles. The molecule has 0 fully saturated rings. The summed E-state index contributed by atoms with van der Waals surface area (Å²) in [4.78, 5) is 15.3. The quantitative estimate of drug-likeness (QED) is 0.428. The fraction of sp³-hybridized carbons (Fsp3) is 0.115.